The number of aromatic nitrogens is 5. The number of benzene rings is 1. The number of aromatic hydroxyl groups is 1. The van der Waals surface area contributed by atoms with Crippen molar-refractivity contribution < 1.29 is 18.3 Å². The molecule has 1 aromatic carbocycles. The number of anilines is 1. The van der Waals surface area contributed by atoms with Gasteiger partial charge < -0.3 is 10.0 Å². The van der Waals surface area contributed by atoms with Crippen LogP contribution in [0.3, 0.4) is 0 Å². The molecule has 2 heterocycles. The molecule has 0 aliphatic heterocycles. The van der Waals surface area contributed by atoms with E-state index in [1.54, 1.807) is 41.9 Å². The van der Waals surface area contributed by atoms with Gasteiger partial charge in [-0.25, -0.2) is 4.98 Å². The highest BCUT2D eigenvalue weighted by molar-refractivity contribution is 5.72. The van der Waals surface area contributed by atoms with Crippen molar-refractivity contribution in [3.63, 3.8) is 0 Å². The van der Waals surface area contributed by atoms with E-state index in [1.807, 2.05) is 19.3 Å². The molecule has 1 N–H and O–H groups in total. The number of phenolic OH excluding ortho intramolecular Hbond substituents is 1. The molecule has 4 rings (SSSR count). The number of alkyl halides is 3. The average Bonchev–Trinajstić information content (AvgIpc) is 3.11. The highest BCUT2D eigenvalue weighted by Crippen LogP contribution is 2.51. The zero-order chi connectivity index (χ0) is 24.5. The Kier molecular flexibility index (Phi) is 6.51. The van der Waals surface area contributed by atoms with Crippen LogP contribution in [0.15, 0.2) is 36.8 Å². The molecule has 182 valence electrons. The zero-order valence-electron chi connectivity index (χ0n) is 19.5. The van der Waals surface area contributed by atoms with Gasteiger partial charge in [-0.2, -0.15) is 18.3 Å². The first-order valence-electron chi connectivity index (χ1n) is 11.5. The first-order chi connectivity index (χ1) is 16.1. The lowest BCUT2D eigenvalue weighted by Gasteiger charge is -2.38. The van der Waals surface area contributed by atoms with Crippen LogP contribution in [0.5, 0.6) is 5.75 Å². The van der Waals surface area contributed by atoms with Gasteiger partial charge in [-0.1, -0.05) is 25.8 Å². The third kappa shape index (κ3) is 4.58. The van der Waals surface area contributed by atoms with E-state index < -0.39 is 11.6 Å². The molecule has 7 nitrogen and oxygen atoms in total. The van der Waals surface area contributed by atoms with Crippen LogP contribution in [-0.2, 0) is 7.05 Å². The van der Waals surface area contributed by atoms with Crippen LogP contribution in [0.25, 0.3) is 22.5 Å². The van der Waals surface area contributed by atoms with Gasteiger partial charge in [0.15, 0.2) is 11.6 Å². The topological polar surface area (TPSA) is 80.0 Å². The van der Waals surface area contributed by atoms with Crippen molar-refractivity contribution in [2.24, 2.45) is 12.5 Å². The third-order valence-electron chi connectivity index (χ3n) is 7.08. The highest BCUT2D eigenvalue weighted by atomic mass is 19.4. The zero-order valence-corrected chi connectivity index (χ0v) is 19.5. The second kappa shape index (κ2) is 9.23. The van der Waals surface area contributed by atoms with E-state index in [0.717, 1.165) is 17.5 Å². The van der Waals surface area contributed by atoms with E-state index >= 15 is 0 Å². The SMILES string of the molecule is CC[C@]1(C(F)(F)F)CCCC[C@H](N(C)c2cnc(-c3ccc(-c4cnn(C)c4)cc3O)nn2)C1. The summed E-state index contributed by atoms with van der Waals surface area (Å²) in [4.78, 5) is 6.11. The standard InChI is InChI=1S/C24H29F3N6O/c1-4-23(24(25,26)27)10-6-5-7-18(12-23)33(3)21-14-28-22(31-30-21)19-9-8-16(11-20(19)34)17-13-29-32(2)15-17/h8-9,11,13-15,18,34H,4-7,10,12H2,1-3H3/t18-,23-/m0/s1. The van der Waals surface area contributed by atoms with Crippen LogP contribution in [0.4, 0.5) is 19.0 Å². The quantitative estimate of drug-likeness (QED) is 0.501. The van der Waals surface area contributed by atoms with Crippen molar-refractivity contribution >= 4 is 5.82 Å². The molecule has 1 saturated carbocycles. The van der Waals surface area contributed by atoms with Crippen LogP contribution in [-0.4, -0.2) is 49.3 Å². The highest BCUT2D eigenvalue weighted by Gasteiger charge is 2.54. The summed E-state index contributed by atoms with van der Waals surface area (Å²) < 4.78 is 43.5. The molecule has 1 aliphatic carbocycles. The first-order valence-corrected chi connectivity index (χ1v) is 11.5. The maximum atomic E-state index is 13.9. The summed E-state index contributed by atoms with van der Waals surface area (Å²) in [6.45, 7) is 1.62. The molecule has 1 fully saturated rings. The number of phenols is 1. The molecule has 0 saturated heterocycles. The molecule has 0 bridgehead atoms. The van der Waals surface area contributed by atoms with Crippen molar-refractivity contribution in [3.05, 3.63) is 36.8 Å². The van der Waals surface area contributed by atoms with Gasteiger partial charge in [0.1, 0.15) is 5.75 Å². The van der Waals surface area contributed by atoms with Crippen LogP contribution in [0.2, 0.25) is 0 Å². The van der Waals surface area contributed by atoms with Gasteiger partial charge in [-0.05, 0) is 43.4 Å². The lowest BCUT2D eigenvalue weighted by atomic mass is 9.76. The van der Waals surface area contributed by atoms with E-state index in [1.165, 1.54) is 6.20 Å². The third-order valence-corrected chi connectivity index (χ3v) is 7.08. The van der Waals surface area contributed by atoms with E-state index in [2.05, 4.69) is 20.3 Å². The van der Waals surface area contributed by atoms with Gasteiger partial charge in [-0.15, -0.1) is 10.2 Å². The monoisotopic (exact) mass is 474 g/mol. The van der Waals surface area contributed by atoms with Crippen molar-refractivity contribution in [3.8, 4) is 28.3 Å². The molecular weight excluding hydrogens is 445 g/mol. The number of nitrogens with zero attached hydrogens (tertiary/aromatic N) is 6. The van der Waals surface area contributed by atoms with E-state index in [-0.39, 0.29) is 36.9 Å². The molecule has 2 atom stereocenters. The molecule has 3 aromatic rings. The van der Waals surface area contributed by atoms with Gasteiger partial charge in [0.05, 0.1) is 23.4 Å². The molecule has 10 heteroatoms. The summed E-state index contributed by atoms with van der Waals surface area (Å²) in [5, 5.41) is 23.1. The lowest BCUT2D eigenvalue weighted by molar-refractivity contribution is -0.231. The Balaban J connectivity index is 1.54. The number of hydrogen-bond acceptors (Lipinski definition) is 6. The number of hydrogen-bond donors (Lipinski definition) is 1. The Morgan fingerprint density at radius 2 is 1.97 bits per heavy atom. The summed E-state index contributed by atoms with van der Waals surface area (Å²) >= 11 is 0. The second-order valence-electron chi connectivity index (χ2n) is 9.12. The molecule has 1 aliphatic rings. The normalized spacial score (nSPS) is 21.3. The number of halogens is 3. The molecule has 2 aromatic heterocycles. The van der Waals surface area contributed by atoms with Gasteiger partial charge in [0.25, 0.3) is 0 Å². The molecule has 0 radical (unpaired) electrons. The van der Waals surface area contributed by atoms with Crippen LogP contribution < -0.4 is 4.90 Å². The smallest absolute Gasteiger partial charge is 0.394 e. The van der Waals surface area contributed by atoms with Gasteiger partial charge >= 0.3 is 6.18 Å². The van der Waals surface area contributed by atoms with Gasteiger partial charge in [0.2, 0.25) is 0 Å². The minimum absolute atomic E-state index is 0.00549. The summed E-state index contributed by atoms with van der Waals surface area (Å²) in [6.07, 6.45) is 3.04. The predicted octanol–water partition coefficient (Wildman–Crippen LogP) is 5.37. The Morgan fingerprint density at radius 1 is 1.18 bits per heavy atom. The minimum atomic E-state index is -4.24. The minimum Gasteiger partial charge on any atom is -0.507 e. The van der Waals surface area contributed by atoms with Gasteiger partial charge in [-0.3, -0.25) is 4.68 Å². The van der Waals surface area contributed by atoms with Crippen molar-refractivity contribution in [2.75, 3.05) is 11.9 Å². The molecule has 0 amide bonds. The fourth-order valence-corrected chi connectivity index (χ4v) is 4.82. The number of aryl methyl sites for hydroxylation is 1. The largest absolute Gasteiger partial charge is 0.507 e. The summed E-state index contributed by atoms with van der Waals surface area (Å²) in [7, 11) is 3.56. The van der Waals surface area contributed by atoms with Crippen molar-refractivity contribution in [1.29, 1.82) is 0 Å². The van der Waals surface area contributed by atoms with Crippen LogP contribution >= 0.6 is 0 Å². The Labute approximate surface area is 196 Å². The van der Waals surface area contributed by atoms with E-state index in [9.17, 15) is 18.3 Å². The lowest BCUT2D eigenvalue weighted by Crippen LogP contribution is -2.43. The van der Waals surface area contributed by atoms with Gasteiger partial charge in [0, 0.05) is 31.9 Å². The van der Waals surface area contributed by atoms with Crippen molar-refractivity contribution in [1.82, 2.24) is 25.0 Å². The van der Waals surface area contributed by atoms with Crippen LogP contribution in [0, 0.1) is 5.41 Å². The molecule has 0 spiro atoms. The average molecular weight is 475 g/mol. The summed E-state index contributed by atoms with van der Waals surface area (Å²) in [5.41, 5.74) is 0.415. The maximum absolute atomic E-state index is 13.9. The molecular formula is C24H29F3N6O. The molecule has 34 heavy (non-hydrogen) atoms. The van der Waals surface area contributed by atoms with E-state index in [0.29, 0.717) is 24.2 Å². The second-order valence-corrected chi connectivity index (χ2v) is 9.12. The predicted molar refractivity (Wildman–Crippen MR) is 123 cm³/mol. The van der Waals surface area contributed by atoms with Crippen LogP contribution in [0.1, 0.15) is 45.4 Å². The Morgan fingerprint density at radius 3 is 2.56 bits per heavy atom. The summed E-state index contributed by atoms with van der Waals surface area (Å²) in [6, 6.07) is 4.85. The van der Waals surface area contributed by atoms with Crippen molar-refractivity contribution in [2.45, 2.75) is 57.7 Å². The number of rotatable bonds is 5. The first kappa shape index (κ1) is 24.0. The fraction of sp³-hybridized carbons (Fsp3) is 0.500. The fourth-order valence-electron chi connectivity index (χ4n) is 4.82. The van der Waals surface area contributed by atoms with E-state index in [4.69, 9.17) is 0 Å². The Bertz CT molecular complexity index is 1130. The Hall–Kier alpha value is -3.17. The molecule has 0 unspecified atom stereocenters. The maximum Gasteiger partial charge on any atom is 0.394 e. The summed E-state index contributed by atoms with van der Waals surface area (Å²) in [5.74, 6) is 0.659.